The van der Waals surface area contributed by atoms with Crippen molar-refractivity contribution in [1.29, 1.82) is 0 Å². The molecule has 0 spiro atoms. The van der Waals surface area contributed by atoms with Crippen LogP contribution in [0.4, 0.5) is 26.3 Å². The molecule has 0 aromatic heterocycles. The minimum atomic E-state index is -5.97. The number of hydrogen-bond donors (Lipinski definition) is 2. The lowest BCUT2D eigenvalue weighted by molar-refractivity contribution is -0.193. The highest BCUT2D eigenvalue weighted by molar-refractivity contribution is 9.10. The maximum absolute atomic E-state index is 13.0. The third-order valence-corrected chi connectivity index (χ3v) is 15.1. The van der Waals surface area contributed by atoms with E-state index in [1.54, 1.807) is 43.6 Å². The number of carbonyl (C=O) groups is 6. The van der Waals surface area contributed by atoms with E-state index in [0.717, 1.165) is 0 Å². The number of esters is 5. The van der Waals surface area contributed by atoms with Crippen LogP contribution >= 0.6 is 43.5 Å². The van der Waals surface area contributed by atoms with Gasteiger partial charge in [-0.2, -0.15) is 34.8 Å². The summed E-state index contributed by atoms with van der Waals surface area (Å²) >= 11 is 7.91. The third-order valence-electron chi connectivity index (χ3n) is 10.9. The highest BCUT2D eigenvalue weighted by Gasteiger charge is 2.60. The van der Waals surface area contributed by atoms with Gasteiger partial charge in [0.1, 0.15) is 31.5 Å². The molecule has 6 aliphatic heterocycles. The SMILES string of the molecule is CC1(C)OC2C(=O)OC(CO)C2O1.CC1(C)OC2C(=O)OC(COC(=O)C(F)(F)Br)C2O1.CC1(C)OC2C(=O)OC(COC(=O)C(F)(F)S(=O)(=O)O)C2O1.O=C(Cl)C(F)(F)Br.c1ccc([S+](c2ccccc2)c2ccccc2)cc1. The van der Waals surface area contributed by atoms with Gasteiger partial charge in [0.15, 0.2) is 68.7 Å². The Morgan fingerprint density at radius 1 is 0.562 bits per heavy atom. The van der Waals surface area contributed by atoms with Crippen LogP contribution in [0.2, 0.25) is 0 Å². The minimum absolute atomic E-state index is 0.0146. The third kappa shape index (κ3) is 17.5. The van der Waals surface area contributed by atoms with E-state index in [0.29, 0.717) is 0 Å². The summed E-state index contributed by atoms with van der Waals surface area (Å²) in [6.07, 6.45) is -7.71. The lowest BCUT2D eigenvalue weighted by Crippen LogP contribution is -2.41. The van der Waals surface area contributed by atoms with Gasteiger partial charge >= 0.3 is 60.1 Å². The molecule has 3 aromatic rings. The van der Waals surface area contributed by atoms with Gasteiger partial charge in [-0.1, -0.05) is 54.6 Å². The quantitative estimate of drug-likeness (QED) is 0.0379. The molecule has 442 valence electrons. The Bertz CT molecular complexity index is 2690. The number of benzene rings is 3. The van der Waals surface area contributed by atoms with Gasteiger partial charge in [-0.3, -0.25) is 9.35 Å². The molecule has 6 heterocycles. The summed E-state index contributed by atoms with van der Waals surface area (Å²) in [6.45, 7) is 8.06. The van der Waals surface area contributed by atoms with E-state index in [9.17, 15) is 63.5 Å². The number of cyclic esters (lactones) is 3. The highest BCUT2D eigenvalue weighted by Crippen LogP contribution is 2.39. The van der Waals surface area contributed by atoms with Gasteiger partial charge in [0.2, 0.25) is 0 Å². The molecule has 3 aromatic carbocycles. The summed E-state index contributed by atoms with van der Waals surface area (Å²) in [5.74, 6) is -9.04. The van der Waals surface area contributed by atoms with Crippen LogP contribution < -0.4 is 0 Å². The molecular formula is C48H50Br2ClF6O21S2+. The first kappa shape index (κ1) is 66.3. The second-order valence-corrected chi connectivity index (χ2v) is 24.2. The molecule has 6 saturated heterocycles. The van der Waals surface area contributed by atoms with Crippen LogP contribution in [0.15, 0.2) is 106 Å². The predicted octanol–water partition coefficient (Wildman–Crippen LogP) is 6.36. The van der Waals surface area contributed by atoms with Crippen molar-refractivity contribution in [1.82, 2.24) is 0 Å². The zero-order chi connectivity index (χ0) is 60.0. The summed E-state index contributed by atoms with van der Waals surface area (Å²) in [6, 6.07) is 32.2. The Labute approximate surface area is 476 Å². The Morgan fingerprint density at radius 3 is 1.12 bits per heavy atom. The topological polar surface area (TPSA) is 279 Å². The van der Waals surface area contributed by atoms with Crippen molar-refractivity contribution in [3.63, 3.8) is 0 Å². The van der Waals surface area contributed by atoms with Crippen molar-refractivity contribution in [2.75, 3.05) is 19.8 Å². The highest BCUT2D eigenvalue weighted by atomic mass is 79.9. The van der Waals surface area contributed by atoms with E-state index < -0.39 is 146 Å². The van der Waals surface area contributed by atoms with Crippen LogP contribution in [0.25, 0.3) is 0 Å². The molecule has 2 N–H and O–H groups in total. The van der Waals surface area contributed by atoms with E-state index in [1.807, 2.05) is 15.9 Å². The number of aliphatic hydroxyl groups is 1. The second kappa shape index (κ2) is 26.4. The summed E-state index contributed by atoms with van der Waals surface area (Å²) in [5.41, 5.74) is 0. The molecule has 0 bridgehead atoms. The van der Waals surface area contributed by atoms with Gasteiger partial charge in [0.25, 0.3) is 0 Å². The molecule has 0 saturated carbocycles. The van der Waals surface area contributed by atoms with Crippen LogP contribution in [0.3, 0.4) is 0 Å². The zero-order valence-corrected chi connectivity index (χ0v) is 47.9. The van der Waals surface area contributed by atoms with E-state index in [-0.39, 0.29) is 17.5 Å². The van der Waals surface area contributed by atoms with Crippen molar-refractivity contribution in [3.8, 4) is 0 Å². The first-order valence-corrected chi connectivity index (χ1v) is 27.7. The Hall–Kier alpha value is -4.51. The molecule has 0 amide bonds. The standard InChI is InChI=1S/C18H15S.C10H11BrF2O6.C10H12F2O9S.C8H12O5.C2BrClF2O/c1-4-10-16(11-5-1)19(17-12-6-2-7-13-17)18-14-8-3-9-15-18;1-9(2)18-5-4(17-7(14)6(5)19-9)3-16-8(15)10(11,12)13;1-9(2)20-5-4(19-7(13)6(5)21-9)3-18-8(14)10(11,12)22(15,16)17;1-8(2)12-5-4(3-9)11-7(10)6(5)13-8;3-2(5,6)1(4)7/h1-15H;4-6H,3H2,1-2H3;4-6H,3H2,1-2H3,(H,15,16,17);4-6,9H,3H2,1-2H3;/q+1;;;;. The molecule has 0 aliphatic carbocycles. The molecule has 9 rings (SSSR count). The second-order valence-electron chi connectivity index (χ2n) is 18.4. The largest absolute Gasteiger partial charge is 0.465 e. The molecular weight excluding hydrogens is 1290 g/mol. The molecule has 6 fully saturated rings. The van der Waals surface area contributed by atoms with Crippen molar-refractivity contribution in [2.45, 2.75) is 143 Å². The van der Waals surface area contributed by atoms with Gasteiger partial charge in [0, 0.05) is 31.9 Å². The van der Waals surface area contributed by atoms with Crippen molar-refractivity contribution in [3.05, 3.63) is 91.0 Å². The number of alkyl halides is 8. The first-order valence-electron chi connectivity index (χ1n) is 23.1. The number of carbonyl (C=O) groups excluding carboxylic acids is 6. The maximum Gasteiger partial charge on any atom is 0.465 e. The molecule has 9 unspecified atom stereocenters. The Balaban J connectivity index is 0.000000190. The Kier molecular flexibility index (Phi) is 21.9. The number of rotatable bonds is 12. The van der Waals surface area contributed by atoms with Crippen molar-refractivity contribution in [2.24, 2.45) is 0 Å². The number of halogens is 9. The van der Waals surface area contributed by atoms with Crippen LogP contribution in [0, 0.1) is 0 Å². The van der Waals surface area contributed by atoms with Crippen LogP contribution in [-0.4, -0.2) is 160 Å². The number of hydrogen-bond acceptors (Lipinski definition) is 20. The van der Waals surface area contributed by atoms with Crippen LogP contribution in [0.1, 0.15) is 41.5 Å². The molecule has 9 atom stereocenters. The molecule has 6 aliphatic rings. The van der Waals surface area contributed by atoms with Crippen molar-refractivity contribution >= 4 is 99.6 Å². The number of fused-ring (bicyclic) bond motifs is 3. The summed E-state index contributed by atoms with van der Waals surface area (Å²) in [4.78, 5) is 62.3. The van der Waals surface area contributed by atoms with Gasteiger partial charge in [-0.15, -0.1) is 0 Å². The fraction of sp³-hybridized carbons (Fsp3) is 0.500. The molecule has 21 nitrogen and oxygen atoms in total. The average molecular weight is 1340 g/mol. The van der Waals surface area contributed by atoms with E-state index in [2.05, 4.69) is 112 Å². The fourth-order valence-electron chi connectivity index (χ4n) is 7.64. The summed E-state index contributed by atoms with van der Waals surface area (Å²) < 4.78 is 158. The molecule has 0 radical (unpaired) electrons. The van der Waals surface area contributed by atoms with Gasteiger partial charge in [-0.05, 0) is 89.5 Å². The average Bonchev–Trinajstić information content (AvgIpc) is 4.18. The molecule has 80 heavy (non-hydrogen) atoms. The maximum atomic E-state index is 13.0. The predicted molar refractivity (Wildman–Crippen MR) is 267 cm³/mol. The normalized spacial score (nSPS) is 26.6. The minimum Gasteiger partial charge on any atom is -0.457 e. The lowest BCUT2D eigenvalue weighted by Gasteiger charge is -2.21. The van der Waals surface area contributed by atoms with Crippen LogP contribution in [0.5, 0.6) is 0 Å². The van der Waals surface area contributed by atoms with Gasteiger partial charge in [0.05, 0.1) is 17.5 Å². The monoisotopic (exact) mass is 1330 g/mol. The zero-order valence-electron chi connectivity index (χ0n) is 42.3. The smallest absolute Gasteiger partial charge is 0.457 e. The summed E-state index contributed by atoms with van der Waals surface area (Å²) in [7, 11) is -5.98. The fourth-order valence-corrected chi connectivity index (χ4v) is 10.1. The summed E-state index contributed by atoms with van der Waals surface area (Å²) in [5, 5.41) is 2.06. The van der Waals surface area contributed by atoms with E-state index >= 15 is 0 Å². The van der Waals surface area contributed by atoms with Crippen molar-refractivity contribution < 1.29 is 125 Å². The van der Waals surface area contributed by atoms with E-state index in [1.165, 1.54) is 28.5 Å². The number of aliphatic hydroxyl groups excluding tert-OH is 1. The first-order chi connectivity index (χ1) is 36.9. The van der Waals surface area contributed by atoms with Gasteiger partial charge in [-0.25, -0.2) is 24.0 Å². The number of ether oxygens (including phenoxy) is 11. The molecule has 32 heteroatoms. The van der Waals surface area contributed by atoms with Gasteiger partial charge < -0.3 is 57.2 Å². The lowest BCUT2D eigenvalue weighted by atomic mass is 10.1. The van der Waals surface area contributed by atoms with E-state index in [4.69, 9.17) is 52.3 Å². The Morgan fingerprint density at radius 2 is 0.850 bits per heavy atom. The van der Waals surface area contributed by atoms with Crippen LogP contribution in [-0.2, 0) is 102 Å².